The Kier molecular flexibility index (Phi) is 16.4. The molecule has 2 aromatic rings. The fraction of sp³-hybridized carbons (Fsp3) is 0.541. The average molecular weight is 727 g/mol. The van der Waals surface area contributed by atoms with E-state index in [-0.39, 0.29) is 75.8 Å². The van der Waals surface area contributed by atoms with Gasteiger partial charge in [0.05, 0.1) is 6.54 Å². The van der Waals surface area contributed by atoms with Crippen LogP contribution >= 0.6 is 0 Å². The fourth-order valence-corrected chi connectivity index (χ4v) is 6.10. The summed E-state index contributed by atoms with van der Waals surface area (Å²) in [6.07, 6.45) is 1.93. The maximum absolute atomic E-state index is 14.5. The van der Waals surface area contributed by atoms with Crippen LogP contribution in [0.4, 0.5) is 9.18 Å². The second-order valence-electron chi connectivity index (χ2n) is 13.8. The zero-order valence-electron chi connectivity index (χ0n) is 30.2. The number of carboxylic acid groups (broad SMARTS) is 1. The fourth-order valence-electron chi connectivity index (χ4n) is 6.10. The van der Waals surface area contributed by atoms with Crippen molar-refractivity contribution in [1.82, 2.24) is 25.8 Å². The van der Waals surface area contributed by atoms with Gasteiger partial charge in [-0.05, 0) is 62.6 Å². The van der Waals surface area contributed by atoms with E-state index in [4.69, 9.17) is 17.2 Å². The molecule has 0 saturated carbocycles. The molecule has 52 heavy (non-hydrogen) atoms. The van der Waals surface area contributed by atoms with E-state index in [1.807, 2.05) is 32.0 Å². The van der Waals surface area contributed by atoms with Crippen molar-refractivity contribution in [1.29, 1.82) is 0 Å². The first-order valence-electron chi connectivity index (χ1n) is 17.9. The highest BCUT2D eigenvalue weighted by Gasteiger charge is 2.40. The van der Waals surface area contributed by atoms with Crippen LogP contribution in [0.3, 0.4) is 0 Å². The molecule has 0 radical (unpaired) electrons. The van der Waals surface area contributed by atoms with Crippen molar-refractivity contribution in [2.75, 3.05) is 32.7 Å². The summed E-state index contributed by atoms with van der Waals surface area (Å²) in [5.41, 5.74) is 17.1. The van der Waals surface area contributed by atoms with Crippen molar-refractivity contribution in [3.05, 3.63) is 71.5 Å². The molecule has 1 heterocycles. The lowest BCUT2D eigenvalue weighted by Crippen LogP contribution is -2.60. The van der Waals surface area contributed by atoms with Crippen molar-refractivity contribution in [2.24, 2.45) is 23.1 Å². The molecule has 0 aliphatic carbocycles. The summed E-state index contributed by atoms with van der Waals surface area (Å²) in [4.78, 5) is 69.7. The van der Waals surface area contributed by atoms with Crippen LogP contribution in [0.1, 0.15) is 63.5 Å². The summed E-state index contributed by atoms with van der Waals surface area (Å²) in [5, 5.41) is 18.0. The van der Waals surface area contributed by atoms with E-state index in [1.54, 1.807) is 30.3 Å². The molecule has 10 N–H and O–H groups in total. The highest BCUT2D eigenvalue weighted by molar-refractivity contribution is 5.94. The van der Waals surface area contributed by atoms with Gasteiger partial charge in [0.25, 0.3) is 0 Å². The Morgan fingerprint density at radius 2 is 1.48 bits per heavy atom. The number of aliphatic carboxylic acids is 1. The van der Waals surface area contributed by atoms with Crippen LogP contribution in [0.2, 0.25) is 0 Å². The number of hydrogen-bond acceptors (Lipinski definition) is 8. The average Bonchev–Trinajstić information content (AvgIpc) is 3.11. The highest BCUT2D eigenvalue weighted by atomic mass is 19.1. The number of piperidine rings is 1. The van der Waals surface area contributed by atoms with Crippen molar-refractivity contribution in [2.45, 2.75) is 89.0 Å². The summed E-state index contributed by atoms with van der Waals surface area (Å²) in [7, 11) is 0. The molecular weight excluding hydrogens is 671 g/mol. The van der Waals surface area contributed by atoms with Crippen LogP contribution in [-0.4, -0.2) is 101 Å². The number of nitrogens with one attached hydrogen (secondary N) is 3. The Hall–Kier alpha value is -4.60. The lowest BCUT2D eigenvalue weighted by Gasteiger charge is -2.38. The van der Waals surface area contributed by atoms with E-state index >= 15 is 0 Å². The zero-order valence-corrected chi connectivity index (χ0v) is 30.2. The van der Waals surface area contributed by atoms with Crippen molar-refractivity contribution in [3.8, 4) is 0 Å². The third kappa shape index (κ3) is 12.6. The van der Waals surface area contributed by atoms with E-state index in [9.17, 15) is 33.5 Å². The Morgan fingerprint density at radius 3 is 2.08 bits per heavy atom. The quantitative estimate of drug-likeness (QED) is 0.104. The lowest BCUT2D eigenvalue weighted by atomic mass is 9.88. The number of halogens is 1. The second kappa shape index (κ2) is 20.4. The topological polar surface area (TPSA) is 226 Å². The largest absolute Gasteiger partial charge is 0.480 e. The molecule has 286 valence electrons. The van der Waals surface area contributed by atoms with Gasteiger partial charge >= 0.3 is 12.0 Å². The van der Waals surface area contributed by atoms with Gasteiger partial charge in [-0.2, -0.15) is 0 Å². The number of rotatable bonds is 19. The third-order valence-corrected chi connectivity index (χ3v) is 9.20. The zero-order chi connectivity index (χ0) is 38.3. The predicted molar refractivity (Wildman–Crippen MR) is 195 cm³/mol. The van der Waals surface area contributed by atoms with Gasteiger partial charge in [0, 0.05) is 38.2 Å². The number of carboxylic acids is 1. The van der Waals surface area contributed by atoms with E-state index in [1.165, 1.54) is 15.9 Å². The van der Waals surface area contributed by atoms with Crippen LogP contribution in [0, 0.1) is 11.7 Å². The number of nitrogens with zero attached hydrogens (tertiary/aromatic N) is 2. The molecule has 0 spiro atoms. The molecule has 1 fully saturated rings. The Bertz CT molecular complexity index is 1490. The minimum atomic E-state index is -1.42. The van der Waals surface area contributed by atoms with E-state index in [0.29, 0.717) is 25.8 Å². The predicted octanol–water partition coefficient (Wildman–Crippen LogP) is 1.46. The molecule has 14 nitrogen and oxygen atoms in total. The van der Waals surface area contributed by atoms with Gasteiger partial charge in [0.2, 0.25) is 17.7 Å². The third-order valence-electron chi connectivity index (χ3n) is 9.20. The molecule has 15 heteroatoms. The first kappa shape index (κ1) is 41.8. The van der Waals surface area contributed by atoms with E-state index in [2.05, 4.69) is 16.0 Å². The van der Waals surface area contributed by atoms with Crippen LogP contribution in [0.15, 0.2) is 54.6 Å². The maximum atomic E-state index is 14.5. The van der Waals surface area contributed by atoms with Crippen LogP contribution in [0.25, 0.3) is 0 Å². The number of benzene rings is 2. The molecule has 2 aromatic carbocycles. The number of urea groups is 1. The SMILES string of the molecule is CC(C)C[C@@H](NC(=O)[C@@H](Cc1ccccc1)NC(=O)N(CCN)Cc1ccccc1F)C(=O)N[C@H](CCCCN)C(=O)N1CCC(N)(C(=O)O)CC1. The number of hydrogen-bond donors (Lipinski definition) is 7. The van der Waals surface area contributed by atoms with Gasteiger partial charge in [-0.1, -0.05) is 62.4 Å². The molecule has 3 atom stereocenters. The van der Waals surface area contributed by atoms with Crippen LogP contribution in [-0.2, 0) is 32.1 Å². The maximum Gasteiger partial charge on any atom is 0.323 e. The van der Waals surface area contributed by atoms with Gasteiger partial charge < -0.3 is 48.1 Å². The second-order valence-corrected chi connectivity index (χ2v) is 13.8. The Labute approximate surface area is 305 Å². The number of nitrogens with two attached hydrogens (primary N) is 3. The number of carbonyl (C=O) groups excluding carboxylic acids is 4. The molecule has 1 aliphatic rings. The minimum Gasteiger partial charge on any atom is -0.480 e. The van der Waals surface area contributed by atoms with Crippen molar-refractivity contribution >= 4 is 29.7 Å². The number of unbranched alkanes of at least 4 members (excludes halogenated alkanes) is 1. The first-order chi connectivity index (χ1) is 24.8. The van der Waals surface area contributed by atoms with Crippen LogP contribution in [0.5, 0.6) is 0 Å². The van der Waals surface area contributed by atoms with Gasteiger partial charge in [-0.25, -0.2) is 9.18 Å². The van der Waals surface area contributed by atoms with Gasteiger partial charge in [-0.15, -0.1) is 0 Å². The summed E-state index contributed by atoms with van der Waals surface area (Å²) < 4.78 is 14.5. The molecule has 1 aliphatic heterocycles. The van der Waals surface area contributed by atoms with Gasteiger partial charge in [-0.3, -0.25) is 19.2 Å². The summed E-state index contributed by atoms with van der Waals surface area (Å²) in [5.74, 6) is -3.20. The number of carbonyl (C=O) groups is 5. The Morgan fingerprint density at radius 1 is 0.865 bits per heavy atom. The molecule has 0 bridgehead atoms. The van der Waals surface area contributed by atoms with E-state index in [0.717, 1.165) is 5.56 Å². The molecule has 5 amide bonds. The standard InChI is InChI=1S/C37H55FN8O6/c1-25(2)22-30(32(47)42-29(14-8-9-17-39)34(49)45-19-15-37(41,16-20-45)35(50)51)43-33(48)31(23-26-10-4-3-5-11-26)44-36(52)46(21-18-40)24-27-12-6-7-13-28(27)38/h3-7,10-13,25,29-31H,8-9,14-24,39-41H2,1-2H3,(H,42,47)(H,43,48)(H,44,52)(H,50,51)/t29-,30-,31-/m1/s1. The van der Waals surface area contributed by atoms with Gasteiger partial charge in [0.1, 0.15) is 29.5 Å². The Balaban J connectivity index is 1.82. The molecule has 0 unspecified atom stereocenters. The van der Waals surface area contributed by atoms with Crippen molar-refractivity contribution < 1.29 is 33.5 Å². The number of amides is 5. The summed E-state index contributed by atoms with van der Waals surface area (Å²) >= 11 is 0. The first-order valence-corrected chi connectivity index (χ1v) is 17.9. The normalized spacial score (nSPS) is 15.6. The molecule has 3 rings (SSSR count). The van der Waals surface area contributed by atoms with Gasteiger partial charge in [0.15, 0.2) is 0 Å². The summed E-state index contributed by atoms with van der Waals surface area (Å²) in [6.45, 7) is 4.54. The molecule has 0 aromatic heterocycles. The highest BCUT2D eigenvalue weighted by Crippen LogP contribution is 2.21. The molecule has 1 saturated heterocycles. The van der Waals surface area contributed by atoms with Crippen molar-refractivity contribution in [3.63, 3.8) is 0 Å². The number of likely N-dealkylation sites (tertiary alicyclic amines) is 1. The molecular formula is C37H55FN8O6. The monoisotopic (exact) mass is 726 g/mol. The summed E-state index contributed by atoms with van der Waals surface area (Å²) in [6, 6.07) is 11.4. The smallest absolute Gasteiger partial charge is 0.323 e. The minimum absolute atomic E-state index is 0.0405. The van der Waals surface area contributed by atoms with E-state index < -0.39 is 53.3 Å². The lowest BCUT2D eigenvalue weighted by molar-refractivity contribution is -0.148. The van der Waals surface area contributed by atoms with Crippen LogP contribution < -0.4 is 33.2 Å².